The van der Waals surface area contributed by atoms with Crippen LogP contribution in [0.15, 0.2) is 0 Å². The van der Waals surface area contributed by atoms with Crippen molar-refractivity contribution in [2.24, 2.45) is 17.3 Å². The number of hydrogen-bond donors (Lipinski definition) is 0. The predicted octanol–water partition coefficient (Wildman–Crippen LogP) is 1.98. The Morgan fingerprint density at radius 2 is 1.92 bits per heavy atom. The second-order valence-corrected chi connectivity index (χ2v) is 5.29. The maximum absolute atomic E-state index is 11.4. The average molecular weight is 168 g/mol. The van der Waals surface area contributed by atoms with Crippen LogP contribution in [-0.2, 0) is 9.53 Å². The molecule has 0 radical (unpaired) electrons. The van der Waals surface area contributed by atoms with Crippen molar-refractivity contribution >= 4 is 5.97 Å². The predicted molar refractivity (Wildman–Crippen MR) is 45.5 cm³/mol. The molecule has 12 heavy (non-hydrogen) atoms. The van der Waals surface area contributed by atoms with Gasteiger partial charge in [0.1, 0.15) is 5.60 Å². The van der Waals surface area contributed by atoms with Gasteiger partial charge in [0.05, 0.1) is 5.92 Å². The van der Waals surface area contributed by atoms with Crippen molar-refractivity contribution in [3.05, 3.63) is 0 Å². The highest BCUT2D eigenvalue weighted by Gasteiger charge is 2.66. The van der Waals surface area contributed by atoms with E-state index in [1.807, 2.05) is 13.8 Å². The Morgan fingerprint density at radius 3 is 2.42 bits per heavy atom. The van der Waals surface area contributed by atoms with Crippen LogP contribution in [-0.4, -0.2) is 11.6 Å². The first kappa shape index (κ1) is 8.09. The summed E-state index contributed by atoms with van der Waals surface area (Å²) < 4.78 is 5.32. The van der Waals surface area contributed by atoms with E-state index in [-0.39, 0.29) is 22.9 Å². The van der Waals surface area contributed by atoms with Crippen molar-refractivity contribution in [3.63, 3.8) is 0 Å². The summed E-state index contributed by atoms with van der Waals surface area (Å²) in [6.07, 6.45) is 1.02. The van der Waals surface area contributed by atoms with Gasteiger partial charge in [-0.05, 0) is 31.6 Å². The van der Waals surface area contributed by atoms with Crippen molar-refractivity contribution in [1.29, 1.82) is 0 Å². The molecule has 1 aliphatic carbocycles. The van der Waals surface area contributed by atoms with Crippen LogP contribution in [0, 0.1) is 17.3 Å². The molecule has 0 aromatic carbocycles. The van der Waals surface area contributed by atoms with Crippen LogP contribution in [0.5, 0.6) is 0 Å². The van der Waals surface area contributed by atoms with Crippen LogP contribution >= 0.6 is 0 Å². The summed E-state index contributed by atoms with van der Waals surface area (Å²) in [5.41, 5.74) is -0.0309. The fourth-order valence-electron chi connectivity index (χ4n) is 2.50. The zero-order chi connectivity index (χ0) is 9.15. The standard InChI is InChI=1S/C10H16O2/c1-9(2)5-6-7(8(11)12-9)10(6,3)4/h6-7H,5H2,1-4H3/t6-,7-/m0/s1. The summed E-state index contributed by atoms with van der Waals surface area (Å²) in [7, 11) is 0. The SMILES string of the molecule is CC1(C)C[C@H]2[C@@H](C(=O)O1)C2(C)C. The summed E-state index contributed by atoms with van der Waals surface area (Å²) in [5, 5.41) is 0. The van der Waals surface area contributed by atoms with Gasteiger partial charge >= 0.3 is 5.97 Å². The molecular weight excluding hydrogens is 152 g/mol. The Kier molecular flexibility index (Phi) is 1.25. The molecule has 1 heterocycles. The van der Waals surface area contributed by atoms with Crippen molar-refractivity contribution in [3.8, 4) is 0 Å². The second kappa shape index (κ2) is 1.86. The van der Waals surface area contributed by atoms with Gasteiger partial charge in [0, 0.05) is 0 Å². The van der Waals surface area contributed by atoms with Crippen LogP contribution in [0.4, 0.5) is 0 Å². The lowest BCUT2D eigenvalue weighted by Crippen LogP contribution is -2.33. The lowest BCUT2D eigenvalue weighted by molar-refractivity contribution is -0.164. The third kappa shape index (κ3) is 0.900. The quantitative estimate of drug-likeness (QED) is 0.517. The molecule has 0 N–H and O–H groups in total. The van der Waals surface area contributed by atoms with E-state index < -0.39 is 0 Å². The number of rotatable bonds is 0. The number of ether oxygens (including phenoxy) is 1. The molecule has 2 fully saturated rings. The topological polar surface area (TPSA) is 26.3 Å². The largest absolute Gasteiger partial charge is 0.459 e. The summed E-state index contributed by atoms with van der Waals surface area (Å²) in [6.45, 7) is 8.31. The first-order valence-electron chi connectivity index (χ1n) is 4.57. The number of carbonyl (C=O) groups is 1. The monoisotopic (exact) mass is 168 g/mol. The fourth-order valence-corrected chi connectivity index (χ4v) is 2.50. The normalized spacial score (nSPS) is 41.5. The molecular formula is C10H16O2. The van der Waals surface area contributed by atoms with E-state index in [0.29, 0.717) is 5.92 Å². The number of esters is 1. The van der Waals surface area contributed by atoms with Gasteiger partial charge in [0.25, 0.3) is 0 Å². The summed E-state index contributed by atoms with van der Waals surface area (Å²) in [5.74, 6) is 0.764. The van der Waals surface area contributed by atoms with Gasteiger partial charge in [-0.2, -0.15) is 0 Å². The van der Waals surface area contributed by atoms with E-state index in [9.17, 15) is 4.79 Å². The molecule has 1 aliphatic heterocycles. The van der Waals surface area contributed by atoms with Gasteiger partial charge in [-0.15, -0.1) is 0 Å². The molecule has 2 atom stereocenters. The van der Waals surface area contributed by atoms with E-state index in [1.165, 1.54) is 0 Å². The molecule has 1 saturated heterocycles. The molecule has 1 saturated carbocycles. The molecule has 2 rings (SSSR count). The van der Waals surface area contributed by atoms with Gasteiger partial charge in [-0.1, -0.05) is 13.8 Å². The van der Waals surface area contributed by atoms with E-state index in [2.05, 4.69) is 13.8 Å². The molecule has 0 amide bonds. The Morgan fingerprint density at radius 1 is 1.33 bits per heavy atom. The number of hydrogen-bond acceptors (Lipinski definition) is 2. The first-order chi connectivity index (χ1) is 5.34. The van der Waals surface area contributed by atoms with Crippen LogP contribution in [0.2, 0.25) is 0 Å². The molecule has 68 valence electrons. The first-order valence-corrected chi connectivity index (χ1v) is 4.57. The molecule has 0 spiro atoms. The third-order valence-electron chi connectivity index (χ3n) is 3.39. The van der Waals surface area contributed by atoms with E-state index in [4.69, 9.17) is 4.74 Å². The van der Waals surface area contributed by atoms with E-state index in [0.717, 1.165) is 6.42 Å². The molecule has 2 heteroatoms. The minimum Gasteiger partial charge on any atom is -0.459 e. The zero-order valence-electron chi connectivity index (χ0n) is 8.18. The molecule has 0 aromatic heterocycles. The summed E-state index contributed by atoms with van der Waals surface area (Å²) >= 11 is 0. The molecule has 0 aromatic rings. The van der Waals surface area contributed by atoms with Gasteiger partial charge in [0.2, 0.25) is 0 Å². The van der Waals surface area contributed by atoms with Crippen LogP contribution in [0.3, 0.4) is 0 Å². The van der Waals surface area contributed by atoms with Gasteiger partial charge < -0.3 is 4.74 Å². The van der Waals surface area contributed by atoms with Crippen LogP contribution in [0.25, 0.3) is 0 Å². The fraction of sp³-hybridized carbons (Fsp3) is 0.900. The minimum absolute atomic E-state index is 0.0150. The van der Waals surface area contributed by atoms with Crippen molar-refractivity contribution < 1.29 is 9.53 Å². The highest BCUT2D eigenvalue weighted by molar-refractivity contribution is 5.79. The number of carbonyl (C=O) groups excluding carboxylic acids is 1. The maximum Gasteiger partial charge on any atom is 0.310 e. The van der Waals surface area contributed by atoms with Crippen LogP contribution < -0.4 is 0 Å². The molecule has 0 bridgehead atoms. The zero-order valence-corrected chi connectivity index (χ0v) is 8.18. The average Bonchev–Trinajstić information content (AvgIpc) is 2.30. The number of cyclic esters (lactones) is 1. The van der Waals surface area contributed by atoms with Gasteiger partial charge in [-0.3, -0.25) is 4.79 Å². The Hall–Kier alpha value is -0.530. The van der Waals surface area contributed by atoms with Crippen molar-refractivity contribution in [2.45, 2.75) is 39.7 Å². The van der Waals surface area contributed by atoms with E-state index >= 15 is 0 Å². The number of fused-ring (bicyclic) bond motifs is 1. The van der Waals surface area contributed by atoms with Crippen molar-refractivity contribution in [1.82, 2.24) is 0 Å². The smallest absolute Gasteiger partial charge is 0.310 e. The maximum atomic E-state index is 11.4. The van der Waals surface area contributed by atoms with Crippen LogP contribution in [0.1, 0.15) is 34.1 Å². The highest BCUT2D eigenvalue weighted by atomic mass is 16.6. The van der Waals surface area contributed by atoms with Gasteiger partial charge in [0.15, 0.2) is 0 Å². The van der Waals surface area contributed by atoms with E-state index in [1.54, 1.807) is 0 Å². The lowest BCUT2D eigenvalue weighted by atomic mass is 9.96. The van der Waals surface area contributed by atoms with Gasteiger partial charge in [-0.25, -0.2) is 0 Å². The van der Waals surface area contributed by atoms with Crippen molar-refractivity contribution in [2.75, 3.05) is 0 Å². The third-order valence-corrected chi connectivity index (χ3v) is 3.39. The summed E-state index contributed by atoms with van der Waals surface area (Å²) in [6, 6.07) is 0. The Bertz CT molecular complexity index is 238. The lowest BCUT2D eigenvalue weighted by Gasteiger charge is -2.28. The highest BCUT2D eigenvalue weighted by Crippen LogP contribution is 2.64. The summed E-state index contributed by atoms with van der Waals surface area (Å²) in [4.78, 5) is 11.4. The molecule has 2 aliphatic rings. The Balaban J connectivity index is 2.21. The minimum atomic E-state index is -0.230. The Labute approximate surface area is 73.3 Å². The molecule has 2 nitrogen and oxygen atoms in total. The second-order valence-electron chi connectivity index (χ2n) is 5.29. The molecule has 0 unspecified atom stereocenters.